The zero-order valence-corrected chi connectivity index (χ0v) is 34.4. The molecule has 0 atom stereocenters. The van der Waals surface area contributed by atoms with Crippen molar-refractivity contribution in [1.29, 1.82) is 0 Å². The summed E-state index contributed by atoms with van der Waals surface area (Å²) >= 11 is 0. The fourth-order valence-electron chi connectivity index (χ4n) is 11.8. The van der Waals surface area contributed by atoms with E-state index in [0.717, 1.165) is 0 Å². The first-order valence-electron chi connectivity index (χ1n) is 22.1. The lowest BCUT2D eigenvalue weighted by Gasteiger charge is -2.31. The average Bonchev–Trinajstić information content (AvgIpc) is 3.81. The first-order valence-corrected chi connectivity index (χ1v) is 22.1. The molecule has 2 aliphatic rings. The third kappa shape index (κ3) is 4.75. The molecule has 0 heterocycles. The van der Waals surface area contributed by atoms with E-state index >= 15 is 0 Å². The van der Waals surface area contributed by atoms with Gasteiger partial charge in [-0.15, -0.1) is 0 Å². The van der Waals surface area contributed by atoms with Gasteiger partial charge in [0.15, 0.2) is 0 Å². The summed E-state index contributed by atoms with van der Waals surface area (Å²) in [6.07, 6.45) is 0. The van der Waals surface area contributed by atoms with Crippen LogP contribution in [0.3, 0.4) is 0 Å². The lowest BCUT2D eigenvalue weighted by Crippen LogP contribution is -2.26. The molecule has 14 rings (SSSR count). The van der Waals surface area contributed by atoms with E-state index in [4.69, 9.17) is 0 Å². The van der Waals surface area contributed by atoms with Gasteiger partial charge in [-0.1, -0.05) is 206 Å². The average molecular weight is 795 g/mol. The number of benzene rings is 12. The van der Waals surface area contributed by atoms with Crippen LogP contribution in [0.15, 0.2) is 231 Å². The highest BCUT2D eigenvalue weighted by atomic mass is 14.5. The lowest BCUT2D eigenvalue weighted by molar-refractivity contribution is 0.802. The van der Waals surface area contributed by atoms with Crippen molar-refractivity contribution in [1.82, 2.24) is 0 Å². The van der Waals surface area contributed by atoms with Crippen LogP contribution in [0.25, 0.3) is 109 Å². The molecule has 0 bridgehead atoms. The predicted molar refractivity (Wildman–Crippen MR) is 267 cm³/mol. The van der Waals surface area contributed by atoms with Gasteiger partial charge >= 0.3 is 0 Å². The summed E-state index contributed by atoms with van der Waals surface area (Å²) in [7, 11) is 0. The Hall–Kier alpha value is -8.06. The molecule has 1 spiro atoms. The van der Waals surface area contributed by atoms with E-state index in [1.807, 2.05) is 0 Å². The zero-order chi connectivity index (χ0) is 41.2. The Morgan fingerprint density at radius 3 is 1.33 bits per heavy atom. The van der Waals surface area contributed by atoms with E-state index in [9.17, 15) is 0 Å². The normalized spacial score (nSPS) is 13.2. The highest BCUT2D eigenvalue weighted by molar-refractivity contribution is 6.22. The fraction of sp³-hybridized carbons (Fsp3) is 0.0159. The van der Waals surface area contributed by atoms with Crippen LogP contribution in [0.1, 0.15) is 22.3 Å². The van der Waals surface area contributed by atoms with Gasteiger partial charge in [-0.2, -0.15) is 0 Å². The fourth-order valence-corrected chi connectivity index (χ4v) is 11.8. The minimum Gasteiger partial charge on any atom is -0.0619 e. The van der Waals surface area contributed by atoms with Crippen molar-refractivity contribution in [3.05, 3.63) is 253 Å². The Labute approximate surface area is 366 Å². The molecule has 0 N–H and O–H groups in total. The van der Waals surface area contributed by atoms with Gasteiger partial charge in [-0.25, -0.2) is 0 Å². The summed E-state index contributed by atoms with van der Waals surface area (Å²) in [5, 5.41) is 12.7. The molecule has 0 unspecified atom stereocenters. The highest BCUT2D eigenvalue weighted by Crippen LogP contribution is 2.64. The molecule has 2 aliphatic carbocycles. The molecule has 0 heteroatoms. The van der Waals surface area contributed by atoms with E-state index in [-0.39, 0.29) is 0 Å². The molecule has 290 valence electrons. The standard InChI is InChI=1S/C63H38/c1-2-14-42-35-45(30-27-39(42)13-1)40-25-28-41(29-26-40)60-51-19-5-7-21-53(51)61(54-22-8-6-20-52(54)60)47-32-33-48-46(36-47)31-34-55-56-37-43-15-3-4-16-44(43)38-59(56)63(62(48)55)57-23-11-9-17-49(57)50-18-10-12-24-58(50)63/h1-38H. The SMILES string of the molecule is c1ccc2c(c1)-c1ccccc1C21c2cc3ccccc3cc2-c2ccc3cc(-c4c5ccccc5c(-c5ccc(-c6ccc7ccccc7c6)cc5)c5ccccc45)ccc3c21. The van der Waals surface area contributed by atoms with Gasteiger partial charge in [0.05, 0.1) is 5.41 Å². The molecule has 0 saturated heterocycles. The summed E-state index contributed by atoms with van der Waals surface area (Å²) in [4.78, 5) is 0. The van der Waals surface area contributed by atoms with Crippen LogP contribution < -0.4 is 0 Å². The Morgan fingerprint density at radius 1 is 0.222 bits per heavy atom. The van der Waals surface area contributed by atoms with E-state index in [0.29, 0.717) is 0 Å². The van der Waals surface area contributed by atoms with E-state index in [1.54, 1.807) is 0 Å². The summed E-state index contributed by atoms with van der Waals surface area (Å²) < 4.78 is 0. The summed E-state index contributed by atoms with van der Waals surface area (Å²) in [6, 6.07) is 86.7. The van der Waals surface area contributed by atoms with E-state index in [1.165, 1.54) is 132 Å². The van der Waals surface area contributed by atoms with E-state index in [2.05, 4.69) is 231 Å². The molecule has 0 aliphatic heterocycles. The molecule has 0 radical (unpaired) electrons. The van der Waals surface area contributed by atoms with Crippen molar-refractivity contribution in [2.24, 2.45) is 0 Å². The van der Waals surface area contributed by atoms with Gasteiger partial charge in [0.25, 0.3) is 0 Å². The van der Waals surface area contributed by atoms with Gasteiger partial charge in [0, 0.05) is 0 Å². The number of rotatable bonds is 3. The van der Waals surface area contributed by atoms with E-state index < -0.39 is 5.41 Å². The minimum absolute atomic E-state index is 0.437. The van der Waals surface area contributed by atoms with Crippen molar-refractivity contribution in [2.75, 3.05) is 0 Å². The molecule has 12 aromatic carbocycles. The lowest BCUT2D eigenvalue weighted by atomic mass is 9.69. The second kappa shape index (κ2) is 13.0. The van der Waals surface area contributed by atoms with Gasteiger partial charge in [-0.3, -0.25) is 0 Å². The van der Waals surface area contributed by atoms with Gasteiger partial charge in [0.2, 0.25) is 0 Å². The van der Waals surface area contributed by atoms with Gasteiger partial charge < -0.3 is 0 Å². The monoisotopic (exact) mass is 794 g/mol. The first-order chi connectivity index (χ1) is 31.2. The molecular formula is C63H38. The summed E-state index contributed by atoms with van der Waals surface area (Å²) in [5.41, 5.74) is 17.9. The molecule has 63 heavy (non-hydrogen) atoms. The van der Waals surface area contributed by atoms with Crippen molar-refractivity contribution in [3.63, 3.8) is 0 Å². The van der Waals surface area contributed by atoms with Crippen LogP contribution in [-0.2, 0) is 5.41 Å². The van der Waals surface area contributed by atoms with Crippen LogP contribution in [0.4, 0.5) is 0 Å². The molecular weight excluding hydrogens is 757 g/mol. The Kier molecular flexibility index (Phi) is 7.13. The number of fused-ring (bicyclic) bond motifs is 16. The van der Waals surface area contributed by atoms with Crippen LogP contribution in [-0.4, -0.2) is 0 Å². The first kappa shape index (κ1) is 34.6. The predicted octanol–water partition coefficient (Wildman–Crippen LogP) is 16.8. The second-order valence-corrected chi connectivity index (χ2v) is 17.5. The maximum absolute atomic E-state index is 2.49. The van der Waals surface area contributed by atoms with Crippen molar-refractivity contribution >= 4 is 53.9 Å². The molecule has 0 fully saturated rings. The van der Waals surface area contributed by atoms with Crippen LogP contribution in [0, 0.1) is 0 Å². The third-order valence-corrected chi connectivity index (χ3v) is 14.4. The topological polar surface area (TPSA) is 0 Å². The molecule has 0 saturated carbocycles. The maximum Gasteiger partial charge on any atom is 0.0731 e. The van der Waals surface area contributed by atoms with Crippen LogP contribution in [0.5, 0.6) is 0 Å². The number of hydrogen-bond acceptors (Lipinski definition) is 0. The molecule has 0 nitrogen and oxygen atoms in total. The van der Waals surface area contributed by atoms with Crippen LogP contribution in [0.2, 0.25) is 0 Å². The van der Waals surface area contributed by atoms with Gasteiger partial charge in [0.1, 0.15) is 0 Å². The van der Waals surface area contributed by atoms with Crippen molar-refractivity contribution < 1.29 is 0 Å². The molecule has 12 aromatic rings. The Morgan fingerprint density at radius 2 is 0.683 bits per heavy atom. The minimum atomic E-state index is -0.437. The van der Waals surface area contributed by atoms with Gasteiger partial charge in [-0.05, 0) is 156 Å². The molecule has 0 aromatic heterocycles. The van der Waals surface area contributed by atoms with Crippen molar-refractivity contribution in [2.45, 2.75) is 5.41 Å². The zero-order valence-electron chi connectivity index (χ0n) is 34.4. The van der Waals surface area contributed by atoms with Crippen molar-refractivity contribution in [3.8, 4) is 55.6 Å². The summed E-state index contributed by atoms with van der Waals surface area (Å²) in [6.45, 7) is 0. The summed E-state index contributed by atoms with van der Waals surface area (Å²) in [5.74, 6) is 0. The number of hydrogen-bond donors (Lipinski definition) is 0. The third-order valence-electron chi connectivity index (χ3n) is 14.4. The second-order valence-electron chi connectivity index (χ2n) is 17.5. The maximum atomic E-state index is 2.49. The smallest absolute Gasteiger partial charge is 0.0619 e. The Balaban J connectivity index is 0.980. The Bertz CT molecular complexity index is 3800. The highest BCUT2D eigenvalue weighted by Gasteiger charge is 2.52. The molecule has 0 amide bonds. The van der Waals surface area contributed by atoms with Crippen LogP contribution >= 0.6 is 0 Å². The largest absolute Gasteiger partial charge is 0.0731 e. The quantitative estimate of drug-likeness (QED) is 0.156.